The SMILES string of the molecule is COC(=O)Cn1c(=NC(=O)c2ccc(S(C)(=O)=O)cc2)sc2cc(OC)ccc21. The number of carbonyl (C=O) groups is 2. The van der Waals surface area contributed by atoms with Gasteiger partial charge in [-0.25, -0.2) is 8.42 Å². The summed E-state index contributed by atoms with van der Waals surface area (Å²) >= 11 is 1.23. The van der Waals surface area contributed by atoms with Gasteiger partial charge in [0.1, 0.15) is 12.3 Å². The van der Waals surface area contributed by atoms with Gasteiger partial charge >= 0.3 is 5.97 Å². The van der Waals surface area contributed by atoms with E-state index in [2.05, 4.69) is 4.99 Å². The number of hydrogen-bond donors (Lipinski definition) is 0. The summed E-state index contributed by atoms with van der Waals surface area (Å²) in [5, 5.41) is 0. The molecule has 0 saturated heterocycles. The lowest BCUT2D eigenvalue weighted by molar-refractivity contribution is -0.141. The quantitative estimate of drug-likeness (QED) is 0.569. The van der Waals surface area contributed by atoms with E-state index in [9.17, 15) is 18.0 Å². The van der Waals surface area contributed by atoms with Crippen LogP contribution in [0.1, 0.15) is 10.4 Å². The highest BCUT2D eigenvalue weighted by atomic mass is 32.2. The average molecular weight is 434 g/mol. The van der Waals surface area contributed by atoms with Crippen LogP contribution in [-0.4, -0.2) is 45.3 Å². The zero-order chi connectivity index (χ0) is 21.2. The minimum Gasteiger partial charge on any atom is -0.497 e. The van der Waals surface area contributed by atoms with Crippen molar-refractivity contribution in [2.75, 3.05) is 20.5 Å². The third-order valence-corrected chi connectivity index (χ3v) is 6.30. The fourth-order valence-corrected chi connectivity index (χ4v) is 4.30. The molecule has 10 heteroatoms. The molecule has 152 valence electrons. The predicted molar refractivity (Wildman–Crippen MR) is 108 cm³/mol. The normalized spacial score (nSPS) is 12.2. The second-order valence-electron chi connectivity index (χ2n) is 6.09. The van der Waals surface area contributed by atoms with Crippen molar-refractivity contribution >= 4 is 43.3 Å². The van der Waals surface area contributed by atoms with E-state index in [1.165, 1.54) is 42.7 Å². The molecule has 3 rings (SSSR count). The lowest BCUT2D eigenvalue weighted by atomic mass is 10.2. The van der Waals surface area contributed by atoms with Crippen molar-refractivity contribution in [2.24, 2.45) is 4.99 Å². The number of sulfone groups is 1. The maximum Gasteiger partial charge on any atom is 0.325 e. The summed E-state index contributed by atoms with van der Waals surface area (Å²) in [6, 6.07) is 10.8. The van der Waals surface area contributed by atoms with Gasteiger partial charge in [0, 0.05) is 11.8 Å². The molecule has 8 nitrogen and oxygen atoms in total. The summed E-state index contributed by atoms with van der Waals surface area (Å²) in [6.45, 7) is -0.109. The number of benzene rings is 2. The van der Waals surface area contributed by atoms with E-state index in [0.717, 1.165) is 11.0 Å². The number of hydrogen-bond acceptors (Lipinski definition) is 7. The maximum absolute atomic E-state index is 12.6. The van der Waals surface area contributed by atoms with Gasteiger partial charge in [0.25, 0.3) is 5.91 Å². The van der Waals surface area contributed by atoms with Crippen LogP contribution in [0.3, 0.4) is 0 Å². The summed E-state index contributed by atoms with van der Waals surface area (Å²) in [5.41, 5.74) is 0.942. The molecule has 0 saturated carbocycles. The van der Waals surface area contributed by atoms with Crippen LogP contribution in [0.4, 0.5) is 0 Å². The molecule has 0 atom stereocenters. The Morgan fingerprint density at radius 1 is 1.10 bits per heavy atom. The van der Waals surface area contributed by atoms with Crippen molar-refractivity contribution in [2.45, 2.75) is 11.4 Å². The molecule has 2 aromatic carbocycles. The molecule has 29 heavy (non-hydrogen) atoms. The zero-order valence-corrected chi connectivity index (χ0v) is 17.5. The number of ether oxygens (including phenoxy) is 2. The Balaban J connectivity index is 2.08. The first-order valence-electron chi connectivity index (χ1n) is 8.36. The van der Waals surface area contributed by atoms with Crippen LogP contribution in [0.2, 0.25) is 0 Å². The van der Waals surface area contributed by atoms with Gasteiger partial charge in [-0.3, -0.25) is 9.59 Å². The minimum absolute atomic E-state index is 0.109. The van der Waals surface area contributed by atoms with Gasteiger partial charge in [0.2, 0.25) is 0 Å². The summed E-state index contributed by atoms with van der Waals surface area (Å²) in [4.78, 5) is 29.0. The van der Waals surface area contributed by atoms with Crippen molar-refractivity contribution in [1.29, 1.82) is 0 Å². The maximum atomic E-state index is 12.6. The van der Waals surface area contributed by atoms with Crippen molar-refractivity contribution in [3.05, 3.63) is 52.8 Å². The van der Waals surface area contributed by atoms with Gasteiger partial charge in [-0.2, -0.15) is 4.99 Å². The summed E-state index contributed by atoms with van der Waals surface area (Å²) in [5.74, 6) is -0.396. The summed E-state index contributed by atoms with van der Waals surface area (Å²) in [7, 11) is -0.527. The number of fused-ring (bicyclic) bond motifs is 1. The molecular formula is C19H18N2O6S2. The first-order valence-corrected chi connectivity index (χ1v) is 11.1. The topological polar surface area (TPSA) is 104 Å². The Bertz CT molecular complexity index is 1250. The number of rotatable bonds is 5. The van der Waals surface area contributed by atoms with Crippen molar-refractivity contribution in [3.63, 3.8) is 0 Å². The number of nitrogens with zero attached hydrogens (tertiary/aromatic N) is 2. The van der Waals surface area contributed by atoms with Crippen LogP contribution >= 0.6 is 11.3 Å². The second kappa shape index (κ2) is 8.18. The summed E-state index contributed by atoms with van der Waals surface area (Å²) in [6.07, 6.45) is 1.09. The molecule has 0 N–H and O–H groups in total. The Labute approximate surface area is 171 Å². The van der Waals surface area contributed by atoms with Crippen LogP contribution in [-0.2, 0) is 25.9 Å². The summed E-state index contributed by atoms with van der Waals surface area (Å²) < 4.78 is 35.5. The second-order valence-corrected chi connectivity index (χ2v) is 9.12. The van der Waals surface area contributed by atoms with Crippen LogP contribution in [0.15, 0.2) is 52.4 Å². The standard InChI is InChI=1S/C19H18N2O6S2/c1-26-13-6-9-15-16(10-13)28-19(21(15)11-17(22)27-2)20-18(23)12-4-7-14(8-5-12)29(3,24)25/h4-10H,11H2,1-3H3. The third-order valence-electron chi connectivity index (χ3n) is 4.13. The molecule has 0 spiro atoms. The number of methoxy groups -OCH3 is 2. The fourth-order valence-electron chi connectivity index (χ4n) is 2.61. The van der Waals surface area contributed by atoms with E-state index in [1.807, 2.05) is 0 Å². The lowest BCUT2D eigenvalue weighted by Gasteiger charge is -2.04. The monoisotopic (exact) mass is 434 g/mol. The van der Waals surface area contributed by atoms with E-state index in [1.54, 1.807) is 29.9 Å². The van der Waals surface area contributed by atoms with E-state index >= 15 is 0 Å². The fraction of sp³-hybridized carbons (Fsp3) is 0.211. The average Bonchev–Trinajstić information content (AvgIpc) is 3.03. The molecule has 0 unspecified atom stereocenters. The van der Waals surface area contributed by atoms with E-state index in [4.69, 9.17) is 9.47 Å². The van der Waals surface area contributed by atoms with Crippen LogP contribution in [0, 0.1) is 0 Å². The molecule has 0 bridgehead atoms. The highest BCUT2D eigenvalue weighted by molar-refractivity contribution is 7.90. The first kappa shape index (κ1) is 20.7. The van der Waals surface area contributed by atoms with Gasteiger partial charge in [-0.1, -0.05) is 11.3 Å². The number of thiazole rings is 1. The van der Waals surface area contributed by atoms with Gasteiger partial charge in [-0.05, 0) is 42.5 Å². The Hall–Kier alpha value is -2.98. The Morgan fingerprint density at radius 3 is 2.38 bits per heavy atom. The van der Waals surface area contributed by atoms with Crippen molar-refractivity contribution in [1.82, 2.24) is 4.57 Å². The molecule has 1 heterocycles. The Kier molecular flexibility index (Phi) is 5.85. The molecule has 1 amide bonds. The molecule has 3 aromatic rings. The molecule has 0 aliphatic rings. The van der Waals surface area contributed by atoms with Crippen molar-refractivity contribution in [3.8, 4) is 5.75 Å². The van der Waals surface area contributed by atoms with Crippen LogP contribution < -0.4 is 9.54 Å². The number of aromatic nitrogens is 1. The largest absolute Gasteiger partial charge is 0.497 e. The highest BCUT2D eigenvalue weighted by Gasteiger charge is 2.14. The number of amides is 1. The Morgan fingerprint density at radius 2 is 1.79 bits per heavy atom. The van der Waals surface area contributed by atoms with Gasteiger partial charge in [-0.15, -0.1) is 0 Å². The molecular weight excluding hydrogens is 416 g/mol. The minimum atomic E-state index is -3.36. The number of carbonyl (C=O) groups excluding carboxylic acids is 2. The van der Waals surface area contributed by atoms with Gasteiger partial charge in [0.15, 0.2) is 14.6 Å². The zero-order valence-electron chi connectivity index (χ0n) is 15.9. The smallest absolute Gasteiger partial charge is 0.325 e. The van der Waals surface area contributed by atoms with E-state index < -0.39 is 21.7 Å². The number of esters is 1. The third kappa shape index (κ3) is 4.54. The molecule has 0 fully saturated rings. The van der Waals surface area contributed by atoms with Crippen LogP contribution in [0.5, 0.6) is 5.75 Å². The van der Waals surface area contributed by atoms with Gasteiger partial charge < -0.3 is 14.0 Å². The predicted octanol–water partition coefficient (Wildman–Crippen LogP) is 2.03. The highest BCUT2D eigenvalue weighted by Crippen LogP contribution is 2.23. The molecule has 0 aliphatic heterocycles. The molecule has 1 aromatic heterocycles. The molecule has 0 aliphatic carbocycles. The van der Waals surface area contributed by atoms with Crippen LogP contribution in [0.25, 0.3) is 10.2 Å². The van der Waals surface area contributed by atoms with E-state index in [0.29, 0.717) is 16.1 Å². The lowest BCUT2D eigenvalue weighted by Crippen LogP contribution is -2.22. The van der Waals surface area contributed by atoms with E-state index in [-0.39, 0.29) is 17.0 Å². The van der Waals surface area contributed by atoms with Gasteiger partial charge in [0.05, 0.1) is 29.3 Å². The molecule has 0 radical (unpaired) electrons. The van der Waals surface area contributed by atoms with Crippen molar-refractivity contribution < 1.29 is 27.5 Å². The first-order chi connectivity index (χ1) is 13.7.